The van der Waals surface area contributed by atoms with Crippen molar-refractivity contribution >= 4 is 17.9 Å². The molecule has 0 bridgehead atoms. The van der Waals surface area contributed by atoms with Crippen LogP contribution in [0.25, 0.3) is 0 Å². The van der Waals surface area contributed by atoms with E-state index in [9.17, 15) is 4.79 Å². The zero-order valence-corrected chi connectivity index (χ0v) is 10.2. The first kappa shape index (κ1) is 13.9. The molecule has 4 nitrogen and oxygen atoms in total. The predicted octanol–water partition coefficient (Wildman–Crippen LogP) is 2.19. The maximum absolute atomic E-state index is 11.2. The number of nitrogens with one attached hydrogen (secondary N) is 1. The molecular weight excluding hydrogens is 212 g/mol. The van der Waals surface area contributed by atoms with Crippen molar-refractivity contribution in [3.05, 3.63) is 23.1 Å². The van der Waals surface area contributed by atoms with Crippen LogP contribution in [-0.4, -0.2) is 18.2 Å². The van der Waals surface area contributed by atoms with Crippen molar-refractivity contribution < 1.29 is 9.53 Å². The molecule has 15 heavy (non-hydrogen) atoms. The molecule has 0 saturated heterocycles. The highest BCUT2D eigenvalue weighted by Gasteiger charge is 2.15. The van der Waals surface area contributed by atoms with Crippen molar-refractivity contribution in [1.29, 1.82) is 0 Å². The van der Waals surface area contributed by atoms with E-state index >= 15 is 0 Å². The van der Waals surface area contributed by atoms with Gasteiger partial charge in [-0.25, -0.2) is 4.79 Å². The third kappa shape index (κ3) is 9.21. The highest BCUT2D eigenvalue weighted by Crippen LogP contribution is 2.17. The van der Waals surface area contributed by atoms with E-state index in [0.29, 0.717) is 16.5 Å². The van der Waals surface area contributed by atoms with Gasteiger partial charge in [-0.3, -0.25) is 0 Å². The second-order valence-corrected chi connectivity index (χ2v) is 5.27. The summed E-state index contributed by atoms with van der Waals surface area (Å²) in [6.07, 6.45) is -0.466. The summed E-state index contributed by atoms with van der Waals surface area (Å²) < 4.78 is 5.04. The molecule has 0 aromatic carbocycles. The van der Waals surface area contributed by atoms with Crippen LogP contribution in [0.1, 0.15) is 20.8 Å². The number of thioether (sulfide) groups is 1. The number of rotatable bonds is 4. The molecule has 0 aliphatic heterocycles. The Kier molecular flexibility index (Phi) is 5.28. The van der Waals surface area contributed by atoms with Crippen LogP contribution in [0.2, 0.25) is 0 Å². The highest BCUT2D eigenvalue weighted by molar-refractivity contribution is 8.06. The first-order valence-corrected chi connectivity index (χ1v) is 5.29. The smallest absolute Gasteiger partial charge is 0.407 e. The minimum Gasteiger partial charge on any atom is -0.444 e. The Morgan fingerprint density at radius 3 is 2.40 bits per heavy atom. The second-order valence-electron chi connectivity index (χ2n) is 3.96. The number of hydrogen-bond acceptors (Lipinski definition) is 4. The molecule has 0 rings (SSSR count). The van der Waals surface area contributed by atoms with Gasteiger partial charge in [0.25, 0.3) is 0 Å². The van der Waals surface area contributed by atoms with E-state index < -0.39 is 11.7 Å². The lowest BCUT2D eigenvalue weighted by molar-refractivity contribution is 0.0533. The van der Waals surface area contributed by atoms with E-state index in [2.05, 4.69) is 18.5 Å². The zero-order valence-electron chi connectivity index (χ0n) is 9.42. The number of carbonyl (C=O) groups excluding carboxylic acids is 1. The molecule has 0 spiro atoms. The minimum absolute atomic E-state index is 0.315. The largest absolute Gasteiger partial charge is 0.444 e. The Morgan fingerprint density at radius 2 is 2.00 bits per heavy atom. The highest BCUT2D eigenvalue weighted by atomic mass is 32.2. The summed E-state index contributed by atoms with van der Waals surface area (Å²) in [6, 6.07) is 0. The lowest BCUT2D eigenvalue weighted by Crippen LogP contribution is -2.33. The minimum atomic E-state index is -0.490. The summed E-state index contributed by atoms with van der Waals surface area (Å²) in [5, 5.41) is 3.02. The lowest BCUT2D eigenvalue weighted by Gasteiger charge is -2.19. The lowest BCUT2D eigenvalue weighted by atomic mass is 10.2. The SMILES string of the molecule is C=C(N)SC(=C)CNC(=O)OC(C)(C)C. The third-order valence-electron chi connectivity index (χ3n) is 1.10. The van der Waals surface area contributed by atoms with Gasteiger partial charge in [0.1, 0.15) is 5.60 Å². The van der Waals surface area contributed by atoms with Crippen LogP contribution >= 0.6 is 11.8 Å². The molecule has 0 aliphatic carbocycles. The Labute approximate surface area is 94.9 Å². The van der Waals surface area contributed by atoms with Crippen molar-refractivity contribution in [3.8, 4) is 0 Å². The van der Waals surface area contributed by atoms with E-state index in [4.69, 9.17) is 10.5 Å². The topological polar surface area (TPSA) is 64.3 Å². The van der Waals surface area contributed by atoms with Crippen molar-refractivity contribution in [2.45, 2.75) is 26.4 Å². The molecule has 0 saturated carbocycles. The van der Waals surface area contributed by atoms with Gasteiger partial charge in [-0.1, -0.05) is 24.9 Å². The van der Waals surface area contributed by atoms with Gasteiger partial charge in [-0.2, -0.15) is 0 Å². The normalized spacial score (nSPS) is 10.6. The molecule has 0 aromatic rings. The van der Waals surface area contributed by atoms with Crippen molar-refractivity contribution in [2.75, 3.05) is 6.54 Å². The van der Waals surface area contributed by atoms with Crippen molar-refractivity contribution in [2.24, 2.45) is 5.73 Å². The van der Waals surface area contributed by atoms with Gasteiger partial charge >= 0.3 is 6.09 Å². The molecule has 0 fully saturated rings. The standard InChI is InChI=1S/C10H18N2O2S/c1-7(15-8(2)11)6-12-9(13)14-10(3,4)5/h1-2,6,11H2,3-5H3,(H,12,13). The summed E-state index contributed by atoms with van der Waals surface area (Å²) >= 11 is 1.23. The Hall–Kier alpha value is -1.10. The van der Waals surface area contributed by atoms with Gasteiger partial charge in [0, 0.05) is 4.91 Å². The zero-order chi connectivity index (χ0) is 12.1. The molecule has 1 amide bonds. The molecule has 5 heteroatoms. The Bertz CT molecular complexity index is 269. The van der Waals surface area contributed by atoms with Gasteiger partial charge in [0.2, 0.25) is 0 Å². The Morgan fingerprint density at radius 1 is 1.47 bits per heavy atom. The average Bonchev–Trinajstić information content (AvgIpc) is 1.96. The van der Waals surface area contributed by atoms with Gasteiger partial charge in [0.05, 0.1) is 11.6 Å². The van der Waals surface area contributed by atoms with Gasteiger partial charge < -0.3 is 15.8 Å². The van der Waals surface area contributed by atoms with Crippen LogP contribution in [0.5, 0.6) is 0 Å². The summed E-state index contributed by atoms with van der Waals surface area (Å²) in [7, 11) is 0. The van der Waals surface area contributed by atoms with Gasteiger partial charge in [0.15, 0.2) is 0 Å². The molecule has 0 aromatic heterocycles. The molecule has 86 valence electrons. The van der Waals surface area contributed by atoms with Gasteiger partial charge in [-0.05, 0) is 20.8 Å². The fourth-order valence-corrected chi connectivity index (χ4v) is 1.22. The molecule has 0 aliphatic rings. The van der Waals surface area contributed by atoms with Crippen LogP contribution in [0.3, 0.4) is 0 Å². The molecule has 0 radical (unpaired) electrons. The maximum Gasteiger partial charge on any atom is 0.407 e. The summed E-state index contributed by atoms with van der Waals surface area (Å²) in [5.74, 6) is 0. The molecule has 0 atom stereocenters. The van der Waals surface area contributed by atoms with Crippen LogP contribution in [0, 0.1) is 0 Å². The number of ether oxygens (including phenoxy) is 1. The van der Waals surface area contributed by atoms with E-state index in [-0.39, 0.29) is 0 Å². The Balaban J connectivity index is 3.82. The van der Waals surface area contributed by atoms with Crippen LogP contribution < -0.4 is 11.1 Å². The number of amides is 1. The molecule has 0 unspecified atom stereocenters. The third-order valence-corrected chi connectivity index (χ3v) is 1.80. The molecule has 3 N–H and O–H groups in total. The number of hydrogen-bond donors (Lipinski definition) is 2. The van der Waals surface area contributed by atoms with Crippen LogP contribution in [0.15, 0.2) is 23.1 Å². The average molecular weight is 230 g/mol. The monoisotopic (exact) mass is 230 g/mol. The number of nitrogens with two attached hydrogens (primary N) is 1. The van der Waals surface area contributed by atoms with E-state index in [1.54, 1.807) is 20.8 Å². The maximum atomic E-state index is 11.2. The van der Waals surface area contributed by atoms with Crippen molar-refractivity contribution in [3.63, 3.8) is 0 Å². The van der Waals surface area contributed by atoms with E-state index in [1.165, 1.54) is 11.8 Å². The van der Waals surface area contributed by atoms with Crippen LogP contribution in [-0.2, 0) is 4.74 Å². The van der Waals surface area contributed by atoms with E-state index in [0.717, 1.165) is 0 Å². The predicted molar refractivity (Wildman–Crippen MR) is 64.3 cm³/mol. The number of alkyl carbamates (subject to hydrolysis) is 1. The molecule has 0 heterocycles. The molecular formula is C10H18N2O2S. The van der Waals surface area contributed by atoms with Crippen molar-refractivity contribution in [1.82, 2.24) is 5.32 Å². The van der Waals surface area contributed by atoms with Gasteiger partial charge in [-0.15, -0.1) is 0 Å². The fraction of sp³-hybridized carbons (Fsp3) is 0.500. The first-order valence-electron chi connectivity index (χ1n) is 4.47. The first-order chi connectivity index (χ1) is 6.70. The second kappa shape index (κ2) is 5.70. The summed E-state index contributed by atoms with van der Waals surface area (Å²) in [5.41, 5.74) is 4.88. The summed E-state index contributed by atoms with van der Waals surface area (Å²) in [6.45, 7) is 13.0. The summed E-state index contributed by atoms with van der Waals surface area (Å²) in [4.78, 5) is 11.9. The van der Waals surface area contributed by atoms with Crippen LogP contribution in [0.4, 0.5) is 4.79 Å². The van der Waals surface area contributed by atoms with E-state index in [1.807, 2.05) is 0 Å². The number of carbonyl (C=O) groups is 1. The fourth-order valence-electron chi connectivity index (χ4n) is 0.706. The quantitative estimate of drug-likeness (QED) is 0.777.